The number of aryl methyl sites for hydroxylation is 1. The summed E-state index contributed by atoms with van der Waals surface area (Å²) < 4.78 is 9.49. The van der Waals surface area contributed by atoms with Gasteiger partial charge in [0.15, 0.2) is 0 Å². The van der Waals surface area contributed by atoms with Crippen LogP contribution in [-0.4, -0.2) is 68.0 Å². The van der Waals surface area contributed by atoms with Crippen LogP contribution >= 0.6 is 0 Å². The number of aromatic nitrogens is 4. The second kappa shape index (κ2) is 7.04. The lowest BCUT2D eigenvalue weighted by Gasteiger charge is -2.34. The smallest absolute Gasteiger partial charge is 0.0898 e. The Hall–Kier alpha value is -1.70. The number of morpholine rings is 1. The number of ether oxygens (including phenoxy) is 1. The van der Waals surface area contributed by atoms with Crippen molar-refractivity contribution in [2.75, 3.05) is 26.2 Å². The molecule has 2 aromatic rings. The molecule has 120 valence electrons. The Morgan fingerprint density at radius 3 is 3.00 bits per heavy atom. The van der Waals surface area contributed by atoms with Crippen LogP contribution in [0.5, 0.6) is 0 Å². The van der Waals surface area contributed by atoms with E-state index in [-0.39, 0.29) is 6.10 Å². The van der Waals surface area contributed by atoms with E-state index >= 15 is 0 Å². The van der Waals surface area contributed by atoms with Crippen molar-refractivity contribution in [3.63, 3.8) is 0 Å². The maximum absolute atomic E-state index is 10.2. The minimum absolute atomic E-state index is 0.116. The fourth-order valence-electron chi connectivity index (χ4n) is 2.81. The van der Waals surface area contributed by atoms with E-state index in [9.17, 15) is 5.11 Å². The third-order valence-electron chi connectivity index (χ3n) is 3.80. The number of aliphatic hydroxyl groups is 1. The van der Waals surface area contributed by atoms with Crippen molar-refractivity contribution in [3.8, 4) is 0 Å². The van der Waals surface area contributed by atoms with E-state index in [0.717, 1.165) is 25.2 Å². The topological polar surface area (TPSA) is 68.3 Å². The Bertz CT molecular complexity index is 568. The van der Waals surface area contributed by atoms with E-state index in [1.165, 1.54) is 0 Å². The molecule has 0 aromatic carbocycles. The normalized spacial score (nSPS) is 21.1. The molecule has 0 unspecified atom stereocenters. The summed E-state index contributed by atoms with van der Waals surface area (Å²) in [6, 6.07) is 1.86. The second-order valence-electron chi connectivity index (χ2n) is 5.87. The zero-order valence-electron chi connectivity index (χ0n) is 12.9. The minimum atomic E-state index is -0.425. The van der Waals surface area contributed by atoms with Gasteiger partial charge in [0.25, 0.3) is 0 Å². The molecule has 0 saturated carbocycles. The van der Waals surface area contributed by atoms with E-state index in [4.69, 9.17) is 4.74 Å². The minimum Gasteiger partial charge on any atom is -0.390 e. The molecule has 0 bridgehead atoms. The quantitative estimate of drug-likeness (QED) is 0.823. The van der Waals surface area contributed by atoms with E-state index in [1.807, 2.05) is 36.3 Å². The molecule has 7 nitrogen and oxygen atoms in total. The molecule has 2 atom stereocenters. The van der Waals surface area contributed by atoms with Gasteiger partial charge < -0.3 is 9.84 Å². The van der Waals surface area contributed by atoms with Crippen LogP contribution in [0.4, 0.5) is 0 Å². The van der Waals surface area contributed by atoms with E-state index in [0.29, 0.717) is 19.7 Å². The Labute approximate surface area is 130 Å². The second-order valence-corrected chi connectivity index (χ2v) is 5.87. The van der Waals surface area contributed by atoms with Crippen LogP contribution in [0.2, 0.25) is 0 Å². The summed E-state index contributed by atoms with van der Waals surface area (Å²) in [4.78, 5) is 2.25. The Morgan fingerprint density at radius 2 is 2.27 bits per heavy atom. The largest absolute Gasteiger partial charge is 0.390 e. The lowest BCUT2D eigenvalue weighted by Crippen LogP contribution is -2.47. The van der Waals surface area contributed by atoms with Gasteiger partial charge >= 0.3 is 0 Å². The highest BCUT2D eigenvalue weighted by molar-refractivity contribution is 4.99. The first-order chi connectivity index (χ1) is 10.7. The molecule has 7 heteroatoms. The average molecular weight is 305 g/mol. The zero-order valence-corrected chi connectivity index (χ0v) is 12.9. The van der Waals surface area contributed by atoms with Crippen LogP contribution in [0.15, 0.2) is 30.9 Å². The van der Waals surface area contributed by atoms with Gasteiger partial charge in [0.2, 0.25) is 0 Å². The van der Waals surface area contributed by atoms with Crippen LogP contribution in [0, 0.1) is 6.92 Å². The van der Waals surface area contributed by atoms with Crippen LogP contribution < -0.4 is 0 Å². The number of rotatable bonds is 6. The molecule has 3 rings (SSSR count). The molecule has 0 radical (unpaired) electrons. The maximum atomic E-state index is 10.2. The molecule has 3 heterocycles. The highest BCUT2D eigenvalue weighted by Gasteiger charge is 2.23. The van der Waals surface area contributed by atoms with Gasteiger partial charge in [-0.15, -0.1) is 0 Å². The predicted molar refractivity (Wildman–Crippen MR) is 81.4 cm³/mol. The van der Waals surface area contributed by atoms with Crippen molar-refractivity contribution in [1.82, 2.24) is 24.5 Å². The van der Waals surface area contributed by atoms with Crippen molar-refractivity contribution in [2.24, 2.45) is 0 Å². The standard InChI is InChI=1S/C15H23N5O2/c1-13-7-17-20(8-13)12-15-11-18(5-6-22-15)9-14(21)10-19-4-2-3-16-19/h2-4,7-8,14-15,21H,5-6,9-12H2,1H3/t14-,15+/m1/s1. The summed E-state index contributed by atoms with van der Waals surface area (Å²) in [7, 11) is 0. The Morgan fingerprint density at radius 1 is 1.36 bits per heavy atom. The molecule has 0 amide bonds. The molecule has 22 heavy (non-hydrogen) atoms. The monoisotopic (exact) mass is 305 g/mol. The lowest BCUT2D eigenvalue weighted by atomic mass is 10.2. The van der Waals surface area contributed by atoms with E-state index in [2.05, 4.69) is 15.1 Å². The van der Waals surface area contributed by atoms with Crippen molar-refractivity contribution in [3.05, 3.63) is 36.4 Å². The Balaban J connectivity index is 1.47. The van der Waals surface area contributed by atoms with Gasteiger partial charge in [0.05, 0.1) is 38.1 Å². The first kappa shape index (κ1) is 15.2. The summed E-state index contributed by atoms with van der Waals surface area (Å²) in [5.74, 6) is 0. The van der Waals surface area contributed by atoms with Crippen molar-refractivity contribution in [2.45, 2.75) is 32.2 Å². The third kappa shape index (κ3) is 4.16. The lowest BCUT2D eigenvalue weighted by molar-refractivity contribution is -0.0497. The molecule has 1 N–H and O–H groups in total. The van der Waals surface area contributed by atoms with Crippen molar-refractivity contribution in [1.29, 1.82) is 0 Å². The third-order valence-corrected chi connectivity index (χ3v) is 3.80. The first-order valence-electron chi connectivity index (χ1n) is 7.67. The van der Waals surface area contributed by atoms with Crippen molar-refractivity contribution >= 4 is 0 Å². The number of hydrogen-bond donors (Lipinski definition) is 1. The van der Waals surface area contributed by atoms with Gasteiger partial charge in [-0.1, -0.05) is 0 Å². The van der Waals surface area contributed by atoms with Gasteiger partial charge in [0.1, 0.15) is 0 Å². The van der Waals surface area contributed by atoms with Gasteiger partial charge in [0, 0.05) is 38.2 Å². The zero-order chi connectivity index (χ0) is 15.4. The molecule has 0 spiro atoms. The fourth-order valence-corrected chi connectivity index (χ4v) is 2.81. The van der Waals surface area contributed by atoms with Gasteiger partial charge in [-0.05, 0) is 18.6 Å². The number of nitrogens with zero attached hydrogens (tertiary/aromatic N) is 5. The molecular formula is C15H23N5O2. The van der Waals surface area contributed by atoms with Crippen molar-refractivity contribution < 1.29 is 9.84 Å². The van der Waals surface area contributed by atoms with Crippen LogP contribution in [-0.2, 0) is 17.8 Å². The Kier molecular flexibility index (Phi) is 4.87. The van der Waals surface area contributed by atoms with Gasteiger partial charge in [-0.25, -0.2) is 0 Å². The van der Waals surface area contributed by atoms with Gasteiger partial charge in [-0.2, -0.15) is 10.2 Å². The predicted octanol–water partition coefficient (Wildman–Crippen LogP) is 0.150. The van der Waals surface area contributed by atoms with Crippen LogP contribution in [0.25, 0.3) is 0 Å². The molecule has 2 aromatic heterocycles. The fraction of sp³-hybridized carbons (Fsp3) is 0.600. The van der Waals surface area contributed by atoms with Crippen LogP contribution in [0.1, 0.15) is 5.56 Å². The summed E-state index contributed by atoms with van der Waals surface area (Å²) in [5, 5.41) is 18.6. The maximum Gasteiger partial charge on any atom is 0.0898 e. The number of aliphatic hydroxyl groups excluding tert-OH is 1. The summed E-state index contributed by atoms with van der Waals surface area (Å²) >= 11 is 0. The molecular weight excluding hydrogens is 282 g/mol. The molecule has 0 aliphatic carbocycles. The molecule has 1 fully saturated rings. The molecule has 1 aliphatic rings. The van der Waals surface area contributed by atoms with E-state index < -0.39 is 6.10 Å². The van der Waals surface area contributed by atoms with E-state index in [1.54, 1.807) is 10.9 Å². The van der Waals surface area contributed by atoms with Crippen LogP contribution in [0.3, 0.4) is 0 Å². The SMILES string of the molecule is Cc1cnn(C[C@@H]2CN(C[C@@H](O)Cn3cccn3)CCO2)c1. The number of β-amino-alcohol motifs (C(OH)–C–C–N with tert-alkyl or cyclic N) is 1. The first-order valence-corrected chi connectivity index (χ1v) is 7.67. The summed E-state index contributed by atoms with van der Waals surface area (Å²) in [6.45, 7) is 6.30. The molecule has 1 saturated heterocycles. The summed E-state index contributed by atoms with van der Waals surface area (Å²) in [6.07, 6.45) is 7.16. The molecule has 1 aliphatic heterocycles. The van der Waals surface area contributed by atoms with Gasteiger partial charge in [-0.3, -0.25) is 14.3 Å². The number of hydrogen-bond acceptors (Lipinski definition) is 5. The summed E-state index contributed by atoms with van der Waals surface area (Å²) in [5.41, 5.74) is 1.15. The average Bonchev–Trinajstić information content (AvgIpc) is 3.11. The highest BCUT2D eigenvalue weighted by atomic mass is 16.5. The highest BCUT2D eigenvalue weighted by Crippen LogP contribution is 2.09.